The van der Waals surface area contributed by atoms with Crippen LogP contribution in [0.15, 0.2) is 47.7 Å². The van der Waals surface area contributed by atoms with Crippen LogP contribution >= 0.6 is 0 Å². The monoisotopic (exact) mass is 437 g/mol. The Bertz CT molecular complexity index is 1050. The van der Waals surface area contributed by atoms with Gasteiger partial charge >= 0.3 is 0 Å². The summed E-state index contributed by atoms with van der Waals surface area (Å²) in [5.74, 6) is 1.59. The van der Waals surface area contributed by atoms with E-state index in [0.29, 0.717) is 6.54 Å². The highest BCUT2D eigenvalue weighted by Gasteiger charge is 2.15. The maximum atomic E-state index is 13.4. The minimum Gasteiger partial charge on any atom is -0.361 e. The largest absolute Gasteiger partial charge is 0.361 e. The molecule has 3 N–H and O–H groups in total. The lowest BCUT2D eigenvalue weighted by molar-refractivity contribution is 0.312. The quantitative estimate of drug-likeness (QED) is 0.392. The number of rotatable bonds is 7. The van der Waals surface area contributed by atoms with Gasteiger partial charge in [0.2, 0.25) is 0 Å². The van der Waals surface area contributed by atoms with Crippen LogP contribution in [-0.2, 0) is 13.0 Å². The van der Waals surface area contributed by atoms with Gasteiger partial charge in [-0.15, -0.1) is 0 Å². The predicted molar refractivity (Wildman–Crippen MR) is 129 cm³/mol. The summed E-state index contributed by atoms with van der Waals surface area (Å²) >= 11 is 0. The maximum Gasteiger partial charge on any atom is 0.191 e. The zero-order chi connectivity index (χ0) is 22.3. The Morgan fingerprint density at radius 1 is 1.16 bits per heavy atom. The van der Waals surface area contributed by atoms with Crippen LogP contribution in [-0.4, -0.2) is 67.1 Å². The standard InChI is InChI=1S/C24H32FN7/c1-3-26-24(28-9-7-19-17-29-22-15-20(25)4-5-21(19)22)30-16-18-6-8-27-23(14-18)32-12-10-31(2)11-13-32/h4-6,8,14-15,17,29H,3,7,9-13,16H2,1-2H3,(H2,26,28,30). The second-order valence-corrected chi connectivity index (χ2v) is 8.19. The molecule has 0 unspecified atom stereocenters. The van der Waals surface area contributed by atoms with Gasteiger partial charge in [0.1, 0.15) is 11.6 Å². The first kappa shape index (κ1) is 22.1. The SMILES string of the molecule is CCNC(=NCc1ccnc(N2CCN(C)CC2)c1)NCCc1c[nH]c2cc(F)ccc12. The van der Waals surface area contributed by atoms with Crippen molar-refractivity contribution >= 4 is 22.7 Å². The lowest BCUT2D eigenvalue weighted by Gasteiger charge is -2.33. The van der Waals surface area contributed by atoms with Crippen molar-refractivity contribution in [3.8, 4) is 0 Å². The van der Waals surface area contributed by atoms with Gasteiger partial charge in [-0.3, -0.25) is 0 Å². The number of anilines is 1. The van der Waals surface area contributed by atoms with Crippen molar-refractivity contribution in [2.45, 2.75) is 19.9 Å². The molecule has 0 radical (unpaired) electrons. The molecule has 0 atom stereocenters. The van der Waals surface area contributed by atoms with Gasteiger partial charge in [0.25, 0.3) is 0 Å². The normalized spacial score (nSPS) is 15.3. The second-order valence-electron chi connectivity index (χ2n) is 8.19. The Kier molecular flexibility index (Phi) is 7.21. The van der Waals surface area contributed by atoms with E-state index in [9.17, 15) is 4.39 Å². The first-order valence-electron chi connectivity index (χ1n) is 11.3. The molecular formula is C24H32FN7. The molecular weight excluding hydrogens is 405 g/mol. The highest BCUT2D eigenvalue weighted by molar-refractivity contribution is 5.83. The molecule has 1 aliphatic heterocycles. The molecule has 3 aromatic rings. The molecule has 0 amide bonds. The summed E-state index contributed by atoms with van der Waals surface area (Å²) < 4.78 is 13.4. The Labute approximate surface area is 188 Å². The minimum atomic E-state index is -0.225. The summed E-state index contributed by atoms with van der Waals surface area (Å²) in [5.41, 5.74) is 3.13. The summed E-state index contributed by atoms with van der Waals surface area (Å²) in [4.78, 5) is 17.1. The molecule has 0 saturated carbocycles. The number of fused-ring (bicyclic) bond motifs is 1. The third kappa shape index (κ3) is 5.56. The molecule has 32 heavy (non-hydrogen) atoms. The lowest BCUT2D eigenvalue weighted by atomic mass is 10.1. The summed E-state index contributed by atoms with van der Waals surface area (Å²) in [5, 5.41) is 7.78. The zero-order valence-electron chi connectivity index (χ0n) is 18.9. The maximum absolute atomic E-state index is 13.4. The van der Waals surface area contributed by atoms with Crippen LogP contribution in [0, 0.1) is 5.82 Å². The van der Waals surface area contributed by atoms with Gasteiger partial charge < -0.3 is 25.4 Å². The van der Waals surface area contributed by atoms with E-state index < -0.39 is 0 Å². The zero-order valence-corrected chi connectivity index (χ0v) is 18.9. The van der Waals surface area contributed by atoms with E-state index >= 15 is 0 Å². The van der Waals surface area contributed by atoms with E-state index in [1.54, 1.807) is 0 Å². The van der Waals surface area contributed by atoms with Gasteiger partial charge in [-0.25, -0.2) is 14.4 Å². The lowest BCUT2D eigenvalue weighted by Crippen LogP contribution is -2.44. The Hall–Kier alpha value is -3.13. The van der Waals surface area contributed by atoms with Gasteiger partial charge in [0.05, 0.1) is 6.54 Å². The van der Waals surface area contributed by atoms with Crippen molar-refractivity contribution in [2.75, 3.05) is 51.2 Å². The number of guanidine groups is 1. The molecule has 3 heterocycles. The van der Waals surface area contributed by atoms with E-state index in [0.717, 1.165) is 79.5 Å². The summed E-state index contributed by atoms with van der Waals surface area (Å²) in [6, 6.07) is 9.03. The molecule has 7 nitrogen and oxygen atoms in total. The molecule has 0 spiro atoms. The fourth-order valence-electron chi connectivity index (χ4n) is 3.96. The number of nitrogens with zero attached hydrogens (tertiary/aromatic N) is 4. The number of halogens is 1. The smallest absolute Gasteiger partial charge is 0.191 e. The number of piperazine rings is 1. The van der Waals surface area contributed by atoms with Crippen LogP contribution in [0.5, 0.6) is 0 Å². The highest BCUT2D eigenvalue weighted by atomic mass is 19.1. The molecule has 0 bridgehead atoms. The van der Waals surface area contributed by atoms with Gasteiger partial charge in [-0.2, -0.15) is 0 Å². The number of aromatic nitrogens is 2. The van der Waals surface area contributed by atoms with E-state index in [1.807, 2.05) is 24.5 Å². The van der Waals surface area contributed by atoms with Crippen LogP contribution in [0.25, 0.3) is 10.9 Å². The predicted octanol–water partition coefficient (Wildman–Crippen LogP) is 2.75. The van der Waals surface area contributed by atoms with Crippen molar-refractivity contribution in [2.24, 2.45) is 4.99 Å². The Balaban J connectivity index is 1.35. The van der Waals surface area contributed by atoms with Crippen LogP contribution in [0.2, 0.25) is 0 Å². The van der Waals surface area contributed by atoms with E-state index in [-0.39, 0.29) is 5.82 Å². The van der Waals surface area contributed by atoms with Crippen molar-refractivity contribution in [3.63, 3.8) is 0 Å². The average molecular weight is 438 g/mol. The summed E-state index contributed by atoms with van der Waals surface area (Å²) in [6.45, 7) is 8.30. The van der Waals surface area contributed by atoms with Crippen molar-refractivity contribution < 1.29 is 4.39 Å². The molecule has 170 valence electrons. The minimum absolute atomic E-state index is 0.225. The number of likely N-dealkylation sites (N-methyl/N-ethyl adjacent to an activating group) is 1. The molecule has 0 aliphatic carbocycles. The number of aliphatic imine (C=N–C) groups is 1. The van der Waals surface area contributed by atoms with Crippen molar-refractivity contribution in [1.29, 1.82) is 0 Å². The number of H-pyrrole nitrogens is 1. The molecule has 1 aromatic carbocycles. The number of aromatic amines is 1. The van der Waals surface area contributed by atoms with E-state index in [1.165, 1.54) is 12.1 Å². The first-order valence-corrected chi connectivity index (χ1v) is 11.3. The fourth-order valence-corrected chi connectivity index (χ4v) is 3.96. The third-order valence-electron chi connectivity index (χ3n) is 5.82. The Morgan fingerprint density at radius 3 is 2.81 bits per heavy atom. The number of pyridine rings is 1. The molecule has 8 heteroatoms. The Morgan fingerprint density at radius 2 is 2.00 bits per heavy atom. The van der Waals surface area contributed by atoms with Crippen LogP contribution in [0.3, 0.4) is 0 Å². The van der Waals surface area contributed by atoms with Crippen LogP contribution < -0.4 is 15.5 Å². The van der Waals surface area contributed by atoms with Gasteiger partial charge in [-0.1, -0.05) is 0 Å². The van der Waals surface area contributed by atoms with Gasteiger partial charge in [0, 0.05) is 62.6 Å². The fraction of sp³-hybridized carbons (Fsp3) is 0.417. The summed E-state index contributed by atoms with van der Waals surface area (Å²) in [7, 11) is 2.16. The van der Waals surface area contributed by atoms with E-state index in [2.05, 4.69) is 50.4 Å². The molecule has 1 saturated heterocycles. The van der Waals surface area contributed by atoms with Crippen LogP contribution in [0.4, 0.5) is 10.2 Å². The van der Waals surface area contributed by atoms with Crippen molar-refractivity contribution in [3.05, 3.63) is 59.7 Å². The average Bonchev–Trinajstić information content (AvgIpc) is 3.20. The van der Waals surface area contributed by atoms with Gasteiger partial charge in [0.15, 0.2) is 5.96 Å². The molecule has 1 fully saturated rings. The van der Waals surface area contributed by atoms with E-state index in [4.69, 9.17) is 4.99 Å². The first-order chi connectivity index (χ1) is 15.6. The van der Waals surface area contributed by atoms with Gasteiger partial charge in [-0.05, 0) is 61.9 Å². The topological polar surface area (TPSA) is 71.6 Å². The second kappa shape index (κ2) is 10.5. The molecule has 4 rings (SSSR count). The van der Waals surface area contributed by atoms with Crippen molar-refractivity contribution in [1.82, 2.24) is 25.5 Å². The number of hydrogen-bond acceptors (Lipinski definition) is 4. The third-order valence-corrected chi connectivity index (χ3v) is 5.82. The van der Waals surface area contributed by atoms with Crippen LogP contribution in [0.1, 0.15) is 18.1 Å². The number of benzene rings is 1. The highest BCUT2D eigenvalue weighted by Crippen LogP contribution is 2.19. The number of hydrogen-bond donors (Lipinski definition) is 3. The molecule has 1 aliphatic rings. The summed E-state index contributed by atoms with van der Waals surface area (Å²) in [6.07, 6.45) is 4.64. The molecule has 2 aromatic heterocycles. The number of nitrogens with one attached hydrogen (secondary N) is 3.